The van der Waals surface area contributed by atoms with Gasteiger partial charge >= 0.3 is 0 Å². The third-order valence-electron chi connectivity index (χ3n) is 5.61. The zero-order valence-corrected chi connectivity index (χ0v) is 15.7. The maximum atomic E-state index is 12.7. The summed E-state index contributed by atoms with van der Waals surface area (Å²) in [7, 11) is 0. The van der Waals surface area contributed by atoms with Crippen LogP contribution in [0.5, 0.6) is 0 Å². The van der Waals surface area contributed by atoms with E-state index in [0.29, 0.717) is 17.7 Å². The standard InChI is InChI=1S/C20H28N4O2/c1-14-12-21-24(15(2)16-6-7-16)19(14)22-20(25)18-9-8-17(26-18)13-23-10-4-3-5-11-23/h8-9,12,15-16H,3-7,10-11,13H2,1-2H3,(H,22,25). The van der Waals surface area contributed by atoms with E-state index in [1.165, 1.54) is 32.1 Å². The number of likely N-dealkylation sites (tertiary alicyclic amines) is 1. The van der Waals surface area contributed by atoms with E-state index in [1.54, 1.807) is 6.07 Å². The lowest BCUT2D eigenvalue weighted by atomic mass is 10.1. The van der Waals surface area contributed by atoms with Crippen LogP contribution in [0.25, 0.3) is 0 Å². The fourth-order valence-electron chi connectivity index (χ4n) is 3.78. The molecule has 140 valence electrons. The molecule has 3 heterocycles. The highest BCUT2D eigenvalue weighted by atomic mass is 16.4. The molecular formula is C20H28N4O2. The molecule has 2 aromatic rings. The minimum absolute atomic E-state index is 0.206. The lowest BCUT2D eigenvalue weighted by Gasteiger charge is -2.25. The van der Waals surface area contributed by atoms with Gasteiger partial charge in [0.25, 0.3) is 5.91 Å². The number of hydrogen-bond acceptors (Lipinski definition) is 4. The van der Waals surface area contributed by atoms with Crippen LogP contribution in [0.1, 0.15) is 66.9 Å². The summed E-state index contributed by atoms with van der Waals surface area (Å²) in [6, 6.07) is 4.00. The molecule has 6 heteroatoms. The van der Waals surface area contributed by atoms with E-state index >= 15 is 0 Å². The Hall–Kier alpha value is -2.08. The molecule has 1 aliphatic heterocycles. The van der Waals surface area contributed by atoms with Crippen LogP contribution in [0.15, 0.2) is 22.7 Å². The number of rotatable bonds is 6. The van der Waals surface area contributed by atoms with Crippen molar-refractivity contribution in [3.8, 4) is 0 Å². The maximum absolute atomic E-state index is 12.7. The predicted octanol–water partition coefficient (Wildman–Crippen LogP) is 3.99. The average Bonchev–Trinajstić information content (AvgIpc) is 3.30. The fraction of sp³-hybridized carbons (Fsp3) is 0.600. The molecule has 6 nitrogen and oxygen atoms in total. The molecule has 4 rings (SSSR count). The number of nitrogens with zero attached hydrogens (tertiary/aromatic N) is 3. The predicted molar refractivity (Wildman–Crippen MR) is 100 cm³/mol. The summed E-state index contributed by atoms with van der Waals surface area (Å²) in [6.07, 6.45) is 8.11. The third kappa shape index (κ3) is 3.70. The molecular weight excluding hydrogens is 328 g/mol. The lowest BCUT2D eigenvalue weighted by Crippen LogP contribution is -2.28. The lowest BCUT2D eigenvalue weighted by molar-refractivity contribution is 0.0990. The summed E-state index contributed by atoms with van der Waals surface area (Å²) in [5.41, 5.74) is 0.978. The normalized spacial score (nSPS) is 19.5. The number of hydrogen-bond donors (Lipinski definition) is 1. The Morgan fingerprint density at radius 2 is 2.08 bits per heavy atom. The zero-order valence-electron chi connectivity index (χ0n) is 15.7. The van der Waals surface area contributed by atoms with Crippen LogP contribution in [0.4, 0.5) is 5.82 Å². The second kappa shape index (κ2) is 7.27. The van der Waals surface area contributed by atoms with Gasteiger partial charge in [0.05, 0.1) is 18.8 Å². The first-order valence-electron chi connectivity index (χ1n) is 9.78. The van der Waals surface area contributed by atoms with E-state index in [4.69, 9.17) is 4.42 Å². The van der Waals surface area contributed by atoms with Gasteiger partial charge in [0.15, 0.2) is 5.76 Å². The first kappa shape index (κ1) is 17.3. The van der Waals surface area contributed by atoms with Crippen molar-refractivity contribution in [1.82, 2.24) is 14.7 Å². The van der Waals surface area contributed by atoms with Crippen molar-refractivity contribution in [2.75, 3.05) is 18.4 Å². The van der Waals surface area contributed by atoms with Gasteiger partial charge in [-0.3, -0.25) is 9.69 Å². The number of piperidine rings is 1. The maximum Gasteiger partial charge on any atom is 0.292 e. The summed E-state index contributed by atoms with van der Waals surface area (Å²) < 4.78 is 7.76. The van der Waals surface area contributed by atoms with Crippen LogP contribution >= 0.6 is 0 Å². The van der Waals surface area contributed by atoms with E-state index in [9.17, 15) is 4.79 Å². The van der Waals surface area contributed by atoms with Crippen molar-refractivity contribution in [2.24, 2.45) is 5.92 Å². The SMILES string of the molecule is Cc1cnn(C(C)C2CC2)c1NC(=O)c1ccc(CN2CCCCC2)o1. The Kier molecular flexibility index (Phi) is 4.85. The Morgan fingerprint density at radius 3 is 2.81 bits per heavy atom. The number of aromatic nitrogens is 2. The van der Waals surface area contributed by atoms with Gasteiger partial charge in [-0.15, -0.1) is 0 Å². The van der Waals surface area contributed by atoms with Gasteiger partial charge in [0.2, 0.25) is 0 Å². The Labute approximate surface area is 154 Å². The van der Waals surface area contributed by atoms with Crippen LogP contribution in [0.3, 0.4) is 0 Å². The second-order valence-electron chi connectivity index (χ2n) is 7.76. The number of carbonyl (C=O) groups is 1. The molecule has 1 saturated carbocycles. The highest BCUT2D eigenvalue weighted by Gasteiger charge is 2.31. The largest absolute Gasteiger partial charge is 0.455 e. The number of furan rings is 1. The van der Waals surface area contributed by atoms with Crippen molar-refractivity contribution in [1.29, 1.82) is 0 Å². The molecule has 0 aromatic carbocycles. The second-order valence-corrected chi connectivity index (χ2v) is 7.76. The quantitative estimate of drug-likeness (QED) is 0.850. The molecule has 2 fully saturated rings. The Morgan fingerprint density at radius 1 is 1.31 bits per heavy atom. The highest BCUT2D eigenvalue weighted by molar-refractivity contribution is 6.02. The molecule has 1 atom stereocenters. The monoisotopic (exact) mass is 356 g/mol. The number of nitrogens with one attached hydrogen (secondary N) is 1. The van der Waals surface area contributed by atoms with Gasteiger partial charge in [-0.25, -0.2) is 4.68 Å². The van der Waals surface area contributed by atoms with E-state index in [0.717, 1.165) is 36.8 Å². The third-order valence-corrected chi connectivity index (χ3v) is 5.61. The first-order valence-corrected chi connectivity index (χ1v) is 9.78. The summed E-state index contributed by atoms with van der Waals surface area (Å²) in [5, 5.41) is 7.48. The molecule has 0 bridgehead atoms. The number of amides is 1. The van der Waals surface area contributed by atoms with Crippen molar-refractivity contribution < 1.29 is 9.21 Å². The number of carbonyl (C=O) groups excluding carboxylic acids is 1. The van der Waals surface area contributed by atoms with Crippen molar-refractivity contribution in [3.63, 3.8) is 0 Å². The smallest absolute Gasteiger partial charge is 0.292 e. The molecule has 1 aliphatic carbocycles. The van der Waals surface area contributed by atoms with Crippen molar-refractivity contribution in [3.05, 3.63) is 35.4 Å². The van der Waals surface area contributed by atoms with Gasteiger partial charge < -0.3 is 9.73 Å². The van der Waals surface area contributed by atoms with E-state index in [-0.39, 0.29) is 5.91 Å². The average molecular weight is 356 g/mol. The number of anilines is 1. The first-order chi connectivity index (χ1) is 12.6. The molecule has 1 amide bonds. The van der Waals surface area contributed by atoms with Crippen LogP contribution < -0.4 is 5.32 Å². The minimum atomic E-state index is -0.206. The summed E-state index contributed by atoms with van der Waals surface area (Å²) in [5.74, 6) is 2.47. The molecule has 1 N–H and O–H groups in total. The van der Waals surface area contributed by atoms with Gasteiger partial charge in [-0.05, 0) is 70.7 Å². The summed E-state index contributed by atoms with van der Waals surface area (Å²) >= 11 is 0. The van der Waals surface area contributed by atoms with Gasteiger partial charge in [0.1, 0.15) is 11.6 Å². The Bertz CT molecular complexity index is 769. The van der Waals surface area contributed by atoms with Crippen LogP contribution in [0, 0.1) is 12.8 Å². The van der Waals surface area contributed by atoms with Crippen LogP contribution in [-0.4, -0.2) is 33.7 Å². The van der Waals surface area contributed by atoms with E-state index in [1.807, 2.05) is 23.9 Å². The summed E-state index contributed by atoms with van der Waals surface area (Å²) in [4.78, 5) is 15.1. The van der Waals surface area contributed by atoms with Crippen LogP contribution in [0.2, 0.25) is 0 Å². The zero-order chi connectivity index (χ0) is 18.1. The van der Waals surface area contributed by atoms with Gasteiger partial charge in [-0.2, -0.15) is 5.10 Å². The topological polar surface area (TPSA) is 63.3 Å². The number of aryl methyl sites for hydroxylation is 1. The Balaban J connectivity index is 1.43. The molecule has 0 spiro atoms. The molecule has 2 aliphatic rings. The minimum Gasteiger partial charge on any atom is -0.455 e. The van der Waals surface area contributed by atoms with Crippen LogP contribution in [-0.2, 0) is 6.54 Å². The highest BCUT2D eigenvalue weighted by Crippen LogP contribution is 2.40. The van der Waals surface area contributed by atoms with Crippen molar-refractivity contribution >= 4 is 11.7 Å². The molecule has 1 saturated heterocycles. The van der Waals surface area contributed by atoms with Crippen molar-refractivity contribution in [2.45, 2.75) is 58.5 Å². The van der Waals surface area contributed by atoms with E-state index < -0.39 is 0 Å². The molecule has 2 aromatic heterocycles. The molecule has 1 unspecified atom stereocenters. The summed E-state index contributed by atoms with van der Waals surface area (Å²) in [6.45, 7) is 7.15. The fourth-order valence-corrected chi connectivity index (χ4v) is 3.78. The van der Waals surface area contributed by atoms with E-state index in [2.05, 4.69) is 22.2 Å². The molecule has 0 radical (unpaired) electrons. The van der Waals surface area contributed by atoms with Gasteiger partial charge in [0, 0.05) is 5.56 Å². The van der Waals surface area contributed by atoms with Gasteiger partial charge in [-0.1, -0.05) is 6.42 Å². The molecule has 26 heavy (non-hydrogen) atoms.